The summed E-state index contributed by atoms with van der Waals surface area (Å²) in [4.78, 5) is 27.1. The van der Waals surface area contributed by atoms with Gasteiger partial charge in [0.05, 0.1) is 38.6 Å². The van der Waals surface area contributed by atoms with Crippen LogP contribution in [-0.4, -0.2) is 192 Å². The Hall–Kier alpha value is -5.64. The van der Waals surface area contributed by atoms with Crippen molar-refractivity contribution >= 4 is 11.9 Å². The average molecular weight is 1080 g/mol. The largest absolute Gasteiger partial charge is 0.508 e. The van der Waals surface area contributed by atoms with E-state index in [1.54, 1.807) is 42.5 Å². The van der Waals surface area contributed by atoms with E-state index < -0.39 is 148 Å². The number of aliphatic hydroxyl groups is 10. The van der Waals surface area contributed by atoms with Gasteiger partial charge in [0.1, 0.15) is 97.1 Å². The standard InChI is InChI=1S/C55H70O22/c1-3-4-5-6-7-8-10-15-33(59)16-11-9-12-19-41(62)75-51-48(68)50(42-32(26-56)24-34(60)25-36(42)61)72-39(28-58)49(51)76-55-52(77-54-47(67)45(65)43(63)38(27-57)73-54)46(66)44(64)40(74-55)29-71-53(69)31-22-20-30(21-23-31)35-17-13-14-18-37(35)70-2/h7-15,17-25,33,38-40,43-52,54-61,63-68H,3-6,16,26-29H2,1-2H3/b8-7+,11-9+,15-10+,19-12+/t33-,38-,39-,40-,43+,44+,45+,46+,47-,48+,49-,50+,51-,52-,54+,55+/m1/s1. The van der Waals surface area contributed by atoms with Crippen molar-refractivity contribution in [2.24, 2.45) is 0 Å². The average Bonchev–Trinajstić information content (AvgIpc) is 3.45. The molecule has 22 nitrogen and oxygen atoms in total. The molecule has 0 spiro atoms. The SMILES string of the molecule is CCCCC/C=C/C=C/[C@@H](O)C/C=C/C=C/C(=O)O[C@@H]1[C@@H](O)[C@H](c2c(O)cc(O)cc2CO)O[C@H](CO)[C@H]1O[C@@H]1O[C@H](COC(=O)c2ccc(-c3ccccc3OC)cc2)[C@H](O)[C@H](O)[C@H]1O[C@@H]1O[C@H](CO)[C@H](O)[C@H](O)[C@H]1O. The summed E-state index contributed by atoms with van der Waals surface area (Å²) in [6, 6.07) is 15.5. The summed E-state index contributed by atoms with van der Waals surface area (Å²) in [5.41, 5.74) is 1.12. The van der Waals surface area contributed by atoms with Crippen LogP contribution < -0.4 is 4.74 Å². The van der Waals surface area contributed by atoms with Gasteiger partial charge in [0.2, 0.25) is 0 Å². The summed E-state index contributed by atoms with van der Waals surface area (Å²) in [6.07, 6.45) is -12.5. The lowest BCUT2D eigenvalue weighted by atomic mass is 9.88. The maximum absolute atomic E-state index is 13.7. The Morgan fingerprint density at radius 1 is 0.701 bits per heavy atom. The van der Waals surface area contributed by atoms with E-state index in [1.165, 1.54) is 31.4 Å². The second kappa shape index (κ2) is 29.4. The molecule has 16 atom stereocenters. The first-order chi connectivity index (χ1) is 37.0. The fourth-order valence-corrected chi connectivity index (χ4v) is 9.01. The smallest absolute Gasteiger partial charge is 0.338 e. The van der Waals surface area contributed by atoms with Crippen LogP contribution in [0.2, 0.25) is 0 Å². The topological polar surface area (TPSA) is 351 Å². The van der Waals surface area contributed by atoms with Crippen LogP contribution in [0.4, 0.5) is 0 Å². The Balaban J connectivity index is 1.28. The first kappa shape index (κ1) is 60.6. The van der Waals surface area contributed by atoms with Crippen LogP contribution in [-0.2, 0) is 44.6 Å². The van der Waals surface area contributed by atoms with Gasteiger partial charge in [0.15, 0.2) is 18.7 Å². The number of phenolic OH excluding ortho intramolecular Hbond substituents is 2. The maximum Gasteiger partial charge on any atom is 0.338 e. The molecule has 3 aliphatic heterocycles. The zero-order valence-corrected chi connectivity index (χ0v) is 42.4. The highest BCUT2D eigenvalue weighted by Gasteiger charge is 2.56. The highest BCUT2D eigenvalue weighted by molar-refractivity contribution is 5.90. The summed E-state index contributed by atoms with van der Waals surface area (Å²) >= 11 is 0. The van der Waals surface area contributed by atoms with E-state index in [0.717, 1.165) is 49.5 Å². The zero-order chi connectivity index (χ0) is 55.8. The summed E-state index contributed by atoms with van der Waals surface area (Å²) < 4.78 is 46.7. The molecule has 12 N–H and O–H groups in total. The highest BCUT2D eigenvalue weighted by atomic mass is 16.8. The van der Waals surface area contributed by atoms with Gasteiger partial charge in [-0.15, -0.1) is 0 Å². The molecular weight excluding hydrogens is 1010 g/mol. The number of methoxy groups -OCH3 is 1. The van der Waals surface area contributed by atoms with Gasteiger partial charge >= 0.3 is 11.9 Å². The lowest BCUT2D eigenvalue weighted by molar-refractivity contribution is -0.382. The number of para-hydroxylation sites is 1. The molecule has 77 heavy (non-hydrogen) atoms. The number of benzene rings is 3. The Morgan fingerprint density at radius 3 is 2.09 bits per heavy atom. The van der Waals surface area contributed by atoms with Gasteiger partial charge in [-0.2, -0.15) is 0 Å². The molecule has 22 heteroatoms. The minimum atomic E-state index is -2.13. The minimum absolute atomic E-state index is 0.0734. The lowest BCUT2D eigenvalue weighted by Gasteiger charge is -2.49. The molecule has 0 saturated carbocycles. The van der Waals surface area contributed by atoms with Gasteiger partial charge in [0.25, 0.3) is 0 Å². The molecule has 3 saturated heterocycles. The minimum Gasteiger partial charge on any atom is -0.508 e. The molecule has 3 aromatic carbocycles. The molecule has 0 bridgehead atoms. The van der Waals surface area contributed by atoms with Crippen molar-refractivity contribution in [3.8, 4) is 28.4 Å². The quantitative estimate of drug-likeness (QED) is 0.0261. The molecule has 3 aliphatic rings. The van der Waals surface area contributed by atoms with Gasteiger partial charge in [-0.3, -0.25) is 0 Å². The summed E-state index contributed by atoms with van der Waals surface area (Å²) in [6.45, 7) is -1.33. The summed E-state index contributed by atoms with van der Waals surface area (Å²) in [5.74, 6) is -2.56. The van der Waals surface area contributed by atoms with E-state index in [0.29, 0.717) is 11.3 Å². The molecular formula is C55H70O22. The third kappa shape index (κ3) is 15.6. The van der Waals surface area contributed by atoms with Crippen molar-refractivity contribution in [2.75, 3.05) is 26.9 Å². The van der Waals surface area contributed by atoms with Crippen LogP contribution in [0, 0.1) is 0 Å². The number of hydrogen-bond donors (Lipinski definition) is 12. The van der Waals surface area contributed by atoms with Crippen molar-refractivity contribution in [1.82, 2.24) is 0 Å². The lowest BCUT2D eigenvalue weighted by Crippen LogP contribution is -2.66. The summed E-state index contributed by atoms with van der Waals surface area (Å²) in [5, 5.41) is 130. The fraction of sp³-hybridized carbons (Fsp3) is 0.491. The van der Waals surface area contributed by atoms with Crippen LogP contribution in [0.1, 0.15) is 66.6 Å². The van der Waals surface area contributed by atoms with Gasteiger partial charge in [-0.1, -0.05) is 92.6 Å². The molecule has 3 aromatic rings. The molecule has 0 amide bonds. The molecule has 0 aromatic heterocycles. The van der Waals surface area contributed by atoms with Crippen LogP contribution in [0.15, 0.2) is 109 Å². The zero-order valence-electron chi connectivity index (χ0n) is 42.4. The number of hydrogen-bond acceptors (Lipinski definition) is 22. The number of carbonyl (C=O) groups excluding carboxylic acids is 2. The van der Waals surface area contributed by atoms with Crippen molar-refractivity contribution in [1.29, 1.82) is 0 Å². The number of unbranched alkanes of at least 4 members (excludes halogenated alkanes) is 3. The Bertz CT molecular complexity index is 2460. The van der Waals surface area contributed by atoms with Crippen LogP contribution in [0.3, 0.4) is 0 Å². The third-order valence-electron chi connectivity index (χ3n) is 13.2. The number of esters is 2. The number of aliphatic hydroxyl groups excluding tert-OH is 10. The Kier molecular flexibility index (Phi) is 23.1. The first-order valence-electron chi connectivity index (χ1n) is 25.2. The number of phenols is 2. The molecule has 422 valence electrons. The second-order valence-corrected chi connectivity index (χ2v) is 18.6. The first-order valence-corrected chi connectivity index (χ1v) is 25.2. The number of carbonyl (C=O) groups is 2. The molecule has 3 heterocycles. The van der Waals surface area contributed by atoms with Crippen LogP contribution in [0.25, 0.3) is 11.1 Å². The van der Waals surface area contributed by atoms with Crippen LogP contribution in [0.5, 0.6) is 17.2 Å². The fourth-order valence-electron chi connectivity index (χ4n) is 9.01. The predicted octanol–water partition coefficient (Wildman–Crippen LogP) is 1.40. The Labute approximate surface area is 444 Å². The summed E-state index contributed by atoms with van der Waals surface area (Å²) in [7, 11) is 1.52. The van der Waals surface area contributed by atoms with Gasteiger partial charge in [-0.25, -0.2) is 9.59 Å². The number of ether oxygens (including phenoxy) is 8. The van der Waals surface area contributed by atoms with E-state index in [9.17, 15) is 70.9 Å². The maximum atomic E-state index is 13.7. The second-order valence-electron chi connectivity index (χ2n) is 18.6. The third-order valence-corrected chi connectivity index (χ3v) is 13.2. The number of aromatic hydroxyl groups is 2. The van der Waals surface area contributed by atoms with E-state index in [2.05, 4.69) is 6.92 Å². The van der Waals surface area contributed by atoms with Crippen LogP contribution >= 0.6 is 0 Å². The normalized spacial score (nSPS) is 30.3. The van der Waals surface area contributed by atoms with Crippen molar-refractivity contribution in [2.45, 2.75) is 144 Å². The number of allylic oxidation sites excluding steroid dienone is 5. The molecule has 0 unspecified atom stereocenters. The van der Waals surface area contributed by atoms with E-state index in [4.69, 9.17) is 37.9 Å². The van der Waals surface area contributed by atoms with E-state index in [-0.39, 0.29) is 23.1 Å². The molecule has 3 fully saturated rings. The van der Waals surface area contributed by atoms with Gasteiger partial charge in [-0.05, 0) is 54.7 Å². The Morgan fingerprint density at radius 2 is 1.39 bits per heavy atom. The molecule has 6 rings (SSSR count). The molecule has 0 aliphatic carbocycles. The van der Waals surface area contributed by atoms with E-state index >= 15 is 0 Å². The monoisotopic (exact) mass is 1080 g/mol. The molecule has 0 radical (unpaired) electrons. The highest BCUT2D eigenvalue weighted by Crippen LogP contribution is 2.43. The van der Waals surface area contributed by atoms with Crippen molar-refractivity contribution in [3.63, 3.8) is 0 Å². The predicted molar refractivity (Wildman–Crippen MR) is 271 cm³/mol. The van der Waals surface area contributed by atoms with Crippen molar-refractivity contribution in [3.05, 3.63) is 126 Å². The van der Waals surface area contributed by atoms with E-state index in [1.807, 2.05) is 24.3 Å². The van der Waals surface area contributed by atoms with Gasteiger partial charge < -0.3 is 99.2 Å². The van der Waals surface area contributed by atoms with Crippen molar-refractivity contribution < 1.29 is 109 Å². The number of rotatable bonds is 24. The van der Waals surface area contributed by atoms with Gasteiger partial charge in [0, 0.05) is 23.3 Å².